The fourth-order valence-electron chi connectivity index (χ4n) is 2.31. The molecule has 2 aromatic carbocycles. The molecule has 0 aromatic heterocycles. The molecule has 0 atom stereocenters. The van der Waals surface area contributed by atoms with Crippen molar-refractivity contribution in [1.29, 1.82) is 0 Å². The van der Waals surface area contributed by atoms with Crippen LogP contribution >= 0.6 is 0 Å². The van der Waals surface area contributed by atoms with Gasteiger partial charge in [0.25, 0.3) is 5.91 Å². The van der Waals surface area contributed by atoms with Crippen molar-refractivity contribution in [2.45, 2.75) is 6.54 Å². The molecule has 148 valence electrons. The Morgan fingerprint density at radius 1 is 1.00 bits per heavy atom. The summed E-state index contributed by atoms with van der Waals surface area (Å²) in [5, 5.41) is 2.90. The SMILES string of the molecule is COc1ccc(C(=O)NCc2ccc(OCCN(C)C)cc2)cc1OC.[Cl-]. The summed E-state index contributed by atoms with van der Waals surface area (Å²) in [7, 11) is 7.12. The van der Waals surface area contributed by atoms with E-state index < -0.39 is 0 Å². The van der Waals surface area contributed by atoms with Gasteiger partial charge >= 0.3 is 0 Å². The Labute approximate surface area is 166 Å². The van der Waals surface area contributed by atoms with Gasteiger partial charge in [0, 0.05) is 18.7 Å². The molecule has 2 rings (SSSR count). The van der Waals surface area contributed by atoms with Crippen LogP contribution in [0.4, 0.5) is 0 Å². The van der Waals surface area contributed by atoms with Crippen LogP contribution in [0.15, 0.2) is 42.5 Å². The molecule has 0 saturated heterocycles. The first-order valence-corrected chi connectivity index (χ1v) is 8.40. The number of likely N-dealkylation sites (N-methyl/N-ethyl adjacent to an activating group) is 1. The highest BCUT2D eigenvalue weighted by Crippen LogP contribution is 2.27. The maximum Gasteiger partial charge on any atom is 0.251 e. The summed E-state index contributed by atoms with van der Waals surface area (Å²) in [6.07, 6.45) is 0. The lowest BCUT2D eigenvalue weighted by Gasteiger charge is -2.12. The second-order valence-corrected chi connectivity index (χ2v) is 6.05. The third-order valence-electron chi connectivity index (χ3n) is 3.83. The molecule has 7 heteroatoms. The van der Waals surface area contributed by atoms with Crippen molar-refractivity contribution in [1.82, 2.24) is 10.2 Å². The van der Waals surface area contributed by atoms with Gasteiger partial charge in [-0.25, -0.2) is 0 Å². The first-order chi connectivity index (χ1) is 12.5. The van der Waals surface area contributed by atoms with Gasteiger partial charge < -0.3 is 36.8 Å². The molecule has 0 aliphatic carbocycles. The highest BCUT2D eigenvalue weighted by atomic mass is 35.5. The molecule has 0 radical (unpaired) electrons. The second-order valence-electron chi connectivity index (χ2n) is 6.05. The number of benzene rings is 2. The van der Waals surface area contributed by atoms with Crippen molar-refractivity contribution in [2.24, 2.45) is 0 Å². The summed E-state index contributed by atoms with van der Waals surface area (Å²) < 4.78 is 16.1. The molecule has 0 spiro atoms. The fraction of sp³-hybridized carbons (Fsp3) is 0.350. The highest BCUT2D eigenvalue weighted by molar-refractivity contribution is 5.94. The van der Waals surface area contributed by atoms with Crippen LogP contribution in [0.1, 0.15) is 15.9 Å². The Kier molecular flexibility index (Phi) is 9.47. The van der Waals surface area contributed by atoms with E-state index in [1.807, 2.05) is 38.4 Å². The number of rotatable bonds is 9. The third kappa shape index (κ3) is 7.00. The predicted octanol–water partition coefficient (Wildman–Crippen LogP) is -0.422. The molecule has 2 aromatic rings. The Hall–Kier alpha value is -2.44. The fourth-order valence-corrected chi connectivity index (χ4v) is 2.31. The number of hydrogen-bond acceptors (Lipinski definition) is 5. The van der Waals surface area contributed by atoms with Gasteiger partial charge in [-0.1, -0.05) is 12.1 Å². The number of nitrogens with one attached hydrogen (secondary N) is 1. The maximum absolute atomic E-state index is 12.3. The van der Waals surface area contributed by atoms with Gasteiger partial charge in [-0.2, -0.15) is 0 Å². The van der Waals surface area contributed by atoms with Gasteiger partial charge in [0.2, 0.25) is 0 Å². The summed E-state index contributed by atoms with van der Waals surface area (Å²) in [4.78, 5) is 14.4. The molecule has 27 heavy (non-hydrogen) atoms. The van der Waals surface area contributed by atoms with Crippen LogP contribution < -0.4 is 31.9 Å². The Morgan fingerprint density at radius 2 is 1.67 bits per heavy atom. The minimum atomic E-state index is -0.169. The largest absolute Gasteiger partial charge is 1.00 e. The van der Waals surface area contributed by atoms with Crippen molar-refractivity contribution >= 4 is 5.91 Å². The summed E-state index contributed by atoms with van der Waals surface area (Å²) in [5.74, 6) is 1.77. The van der Waals surface area contributed by atoms with Crippen LogP contribution in [0.25, 0.3) is 0 Å². The van der Waals surface area contributed by atoms with E-state index in [0.717, 1.165) is 17.9 Å². The van der Waals surface area contributed by atoms with Crippen LogP contribution in [-0.2, 0) is 6.54 Å². The molecule has 1 N–H and O–H groups in total. The lowest BCUT2D eigenvalue weighted by Crippen LogP contribution is -3.00. The first-order valence-electron chi connectivity index (χ1n) is 8.40. The molecule has 0 aliphatic rings. The van der Waals surface area contributed by atoms with Gasteiger partial charge in [-0.05, 0) is 50.0 Å². The smallest absolute Gasteiger partial charge is 0.251 e. The topological polar surface area (TPSA) is 60.0 Å². The van der Waals surface area contributed by atoms with Gasteiger partial charge in [0.15, 0.2) is 11.5 Å². The molecular formula is C20H26ClN2O4-. The quantitative estimate of drug-likeness (QED) is 0.627. The van der Waals surface area contributed by atoms with Crippen molar-refractivity contribution in [3.05, 3.63) is 53.6 Å². The number of hydrogen-bond donors (Lipinski definition) is 1. The van der Waals surface area contributed by atoms with Crippen LogP contribution in [-0.4, -0.2) is 52.3 Å². The average molecular weight is 394 g/mol. The standard InChI is InChI=1S/C20H26N2O4.ClH/c1-22(2)11-12-26-17-8-5-15(6-9-17)14-21-20(23)16-7-10-18(24-3)19(13-16)25-4;/h5-10,13H,11-12,14H2,1-4H3,(H,21,23);1H/p-1. The van der Waals surface area contributed by atoms with E-state index in [2.05, 4.69) is 10.2 Å². The van der Waals surface area contributed by atoms with Crippen LogP contribution in [0.2, 0.25) is 0 Å². The number of carbonyl (C=O) groups is 1. The minimum absolute atomic E-state index is 0. The molecule has 1 amide bonds. The number of methoxy groups -OCH3 is 2. The van der Waals surface area contributed by atoms with E-state index >= 15 is 0 Å². The van der Waals surface area contributed by atoms with Gasteiger partial charge in [-0.3, -0.25) is 4.79 Å². The van der Waals surface area contributed by atoms with Crippen molar-refractivity contribution in [3.8, 4) is 17.2 Å². The van der Waals surface area contributed by atoms with Gasteiger partial charge in [-0.15, -0.1) is 0 Å². The molecule has 0 unspecified atom stereocenters. The summed E-state index contributed by atoms with van der Waals surface area (Å²) in [6, 6.07) is 12.8. The Balaban J connectivity index is 0.00000364. The van der Waals surface area contributed by atoms with Crippen LogP contribution in [0, 0.1) is 0 Å². The Morgan fingerprint density at radius 3 is 2.26 bits per heavy atom. The maximum atomic E-state index is 12.3. The molecule has 6 nitrogen and oxygen atoms in total. The lowest BCUT2D eigenvalue weighted by molar-refractivity contribution is -0.0000147. The number of nitrogens with zero attached hydrogens (tertiary/aromatic N) is 1. The highest BCUT2D eigenvalue weighted by Gasteiger charge is 2.10. The zero-order valence-corrected chi connectivity index (χ0v) is 16.9. The van der Waals surface area contributed by atoms with E-state index in [1.54, 1.807) is 32.4 Å². The zero-order valence-electron chi connectivity index (χ0n) is 16.1. The van der Waals surface area contributed by atoms with Crippen LogP contribution in [0.3, 0.4) is 0 Å². The normalized spacial score (nSPS) is 10.1. The van der Waals surface area contributed by atoms with Crippen molar-refractivity contribution in [2.75, 3.05) is 41.5 Å². The summed E-state index contributed by atoms with van der Waals surface area (Å²) in [6.45, 7) is 1.94. The van der Waals surface area contributed by atoms with E-state index in [9.17, 15) is 4.79 Å². The molecule has 0 fully saturated rings. The molecule has 0 heterocycles. The monoisotopic (exact) mass is 393 g/mol. The summed E-state index contributed by atoms with van der Waals surface area (Å²) >= 11 is 0. The van der Waals surface area contributed by atoms with Gasteiger partial charge in [0.1, 0.15) is 12.4 Å². The first kappa shape index (κ1) is 22.6. The number of ether oxygens (including phenoxy) is 3. The predicted molar refractivity (Wildman–Crippen MR) is 101 cm³/mol. The second kappa shape index (κ2) is 11.3. The van der Waals surface area contributed by atoms with Crippen molar-refractivity contribution in [3.63, 3.8) is 0 Å². The third-order valence-corrected chi connectivity index (χ3v) is 3.83. The van der Waals surface area contributed by atoms with E-state index in [0.29, 0.717) is 30.2 Å². The van der Waals surface area contributed by atoms with E-state index in [4.69, 9.17) is 14.2 Å². The average Bonchev–Trinajstić information content (AvgIpc) is 2.66. The number of amides is 1. The molecule has 0 saturated carbocycles. The molecular weight excluding hydrogens is 368 g/mol. The van der Waals surface area contributed by atoms with Gasteiger partial charge in [0.05, 0.1) is 14.2 Å². The molecule has 0 aliphatic heterocycles. The Bertz CT molecular complexity index is 720. The zero-order chi connectivity index (χ0) is 18.9. The lowest BCUT2D eigenvalue weighted by atomic mass is 10.1. The molecule has 0 bridgehead atoms. The van der Waals surface area contributed by atoms with E-state index in [-0.39, 0.29) is 18.3 Å². The summed E-state index contributed by atoms with van der Waals surface area (Å²) in [5.41, 5.74) is 1.52. The number of carbonyl (C=O) groups excluding carboxylic acids is 1. The van der Waals surface area contributed by atoms with E-state index in [1.165, 1.54) is 0 Å². The van der Waals surface area contributed by atoms with Crippen LogP contribution in [0.5, 0.6) is 17.2 Å². The van der Waals surface area contributed by atoms with Crippen molar-refractivity contribution < 1.29 is 31.4 Å². The number of halogens is 1. The minimum Gasteiger partial charge on any atom is -1.00 e.